The first-order valence-electron chi connectivity index (χ1n) is 3.48. The summed E-state index contributed by atoms with van der Waals surface area (Å²) in [6, 6.07) is 5.95. The molecule has 0 radical (unpaired) electrons. The number of aryl methyl sites for hydroxylation is 1. The number of hydrazine groups is 1. The summed E-state index contributed by atoms with van der Waals surface area (Å²) in [5, 5.41) is 0. The molecule has 11 heavy (non-hydrogen) atoms. The number of rotatable bonds is 2. The molecule has 0 saturated heterocycles. The third kappa shape index (κ3) is 1.41. The van der Waals surface area contributed by atoms with Gasteiger partial charge in [0, 0.05) is 0 Å². The van der Waals surface area contributed by atoms with Crippen LogP contribution in [0.5, 0.6) is 0 Å². The molecule has 0 atom stereocenters. The van der Waals surface area contributed by atoms with E-state index < -0.39 is 0 Å². The van der Waals surface area contributed by atoms with Crippen LogP contribution in [0.4, 0.5) is 5.69 Å². The van der Waals surface area contributed by atoms with Gasteiger partial charge in [-0.3, -0.25) is 5.84 Å². The van der Waals surface area contributed by atoms with E-state index in [4.69, 9.17) is 5.84 Å². The van der Waals surface area contributed by atoms with Crippen LogP contribution in [0.1, 0.15) is 11.1 Å². The van der Waals surface area contributed by atoms with Crippen molar-refractivity contribution in [2.45, 2.75) is 6.92 Å². The lowest BCUT2D eigenvalue weighted by atomic mass is 10.1. The molecule has 0 amide bonds. The van der Waals surface area contributed by atoms with Crippen LogP contribution in [0.3, 0.4) is 0 Å². The van der Waals surface area contributed by atoms with Crippen LogP contribution in [0, 0.1) is 6.92 Å². The Morgan fingerprint density at radius 1 is 1.55 bits per heavy atom. The first-order chi connectivity index (χ1) is 5.29. The standard InChI is InChI=1S/C9H12N2/c1-3-8-6-4-5-7(2)9(8)11-10/h3-6,11H,1,10H2,2H3. The van der Waals surface area contributed by atoms with Gasteiger partial charge in [-0.05, 0) is 18.1 Å². The largest absolute Gasteiger partial charge is 0.323 e. The fourth-order valence-electron chi connectivity index (χ4n) is 1.06. The summed E-state index contributed by atoms with van der Waals surface area (Å²) in [6.45, 7) is 5.69. The number of nitrogen functional groups attached to an aromatic ring is 1. The summed E-state index contributed by atoms with van der Waals surface area (Å²) in [5.74, 6) is 5.33. The number of nitrogens with one attached hydrogen (secondary N) is 1. The average Bonchev–Trinajstić information content (AvgIpc) is 2.04. The van der Waals surface area contributed by atoms with Gasteiger partial charge in [0.1, 0.15) is 0 Å². The lowest BCUT2D eigenvalue weighted by molar-refractivity contribution is 1.30. The van der Waals surface area contributed by atoms with E-state index >= 15 is 0 Å². The summed E-state index contributed by atoms with van der Waals surface area (Å²) in [5.41, 5.74) is 5.75. The molecule has 0 bridgehead atoms. The molecule has 3 N–H and O–H groups in total. The van der Waals surface area contributed by atoms with Crippen molar-refractivity contribution < 1.29 is 0 Å². The minimum absolute atomic E-state index is 0.947. The van der Waals surface area contributed by atoms with Crippen LogP contribution in [0.2, 0.25) is 0 Å². The molecule has 0 spiro atoms. The van der Waals surface area contributed by atoms with Crippen molar-refractivity contribution in [3.63, 3.8) is 0 Å². The molecule has 2 nitrogen and oxygen atoms in total. The molecule has 0 unspecified atom stereocenters. The Morgan fingerprint density at radius 2 is 2.27 bits per heavy atom. The summed E-state index contributed by atoms with van der Waals surface area (Å²) in [7, 11) is 0. The zero-order valence-corrected chi connectivity index (χ0v) is 6.59. The van der Waals surface area contributed by atoms with Crippen LogP contribution in [0.25, 0.3) is 6.08 Å². The van der Waals surface area contributed by atoms with Crippen LogP contribution in [-0.4, -0.2) is 0 Å². The van der Waals surface area contributed by atoms with E-state index in [1.165, 1.54) is 0 Å². The molecule has 0 saturated carbocycles. The lowest BCUT2D eigenvalue weighted by Gasteiger charge is -2.07. The smallest absolute Gasteiger partial charge is 0.0586 e. The van der Waals surface area contributed by atoms with Crippen LogP contribution < -0.4 is 11.3 Å². The van der Waals surface area contributed by atoms with Gasteiger partial charge in [-0.25, -0.2) is 0 Å². The highest BCUT2D eigenvalue weighted by Crippen LogP contribution is 2.19. The lowest BCUT2D eigenvalue weighted by Crippen LogP contribution is -2.09. The van der Waals surface area contributed by atoms with E-state index in [9.17, 15) is 0 Å². The fraction of sp³-hybridized carbons (Fsp3) is 0.111. The summed E-state index contributed by atoms with van der Waals surface area (Å²) in [4.78, 5) is 0. The van der Waals surface area contributed by atoms with E-state index in [0.717, 1.165) is 16.8 Å². The van der Waals surface area contributed by atoms with E-state index in [1.54, 1.807) is 6.08 Å². The van der Waals surface area contributed by atoms with Crippen molar-refractivity contribution in [2.24, 2.45) is 5.84 Å². The van der Waals surface area contributed by atoms with Crippen LogP contribution in [0.15, 0.2) is 24.8 Å². The fourth-order valence-corrected chi connectivity index (χ4v) is 1.06. The normalized spacial score (nSPS) is 9.27. The number of para-hydroxylation sites is 1. The number of benzene rings is 1. The highest BCUT2D eigenvalue weighted by Gasteiger charge is 1.98. The van der Waals surface area contributed by atoms with Crippen molar-refractivity contribution >= 4 is 11.8 Å². The molecular formula is C9H12N2. The molecule has 0 heterocycles. The van der Waals surface area contributed by atoms with Crippen molar-refractivity contribution in [3.05, 3.63) is 35.9 Å². The second-order valence-electron chi connectivity index (χ2n) is 2.39. The van der Waals surface area contributed by atoms with Crippen molar-refractivity contribution in [3.8, 4) is 0 Å². The van der Waals surface area contributed by atoms with Crippen LogP contribution >= 0.6 is 0 Å². The highest BCUT2D eigenvalue weighted by molar-refractivity contribution is 5.68. The maximum Gasteiger partial charge on any atom is 0.0586 e. The molecule has 58 valence electrons. The number of hydrogen-bond donors (Lipinski definition) is 2. The van der Waals surface area contributed by atoms with Crippen molar-refractivity contribution in [2.75, 3.05) is 5.43 Å². The Balaban J connectivity index is 3.23. The predicted octanol–water partition coefficient (Wildman–Crippen LogP) is 1.92. The van der Waals surface area contributed by atoms with Crippen molar-refractivity contribution in [1.29, 1.82) is 0 Å². The first-order valence-corrected chi connectivity index (χ1v) is 3.48. The summed E-state index contributed by atoms with van der Waals surface area (Å²) < 4.78 is 0. The van der Waals surface area contributed by atoms with Gasteiger partial charge in [-0.2, -0.15) is 0 Å². The van der Waals surface area contributed by atoms with Crippen molar-refractivity contribution in [1.82, 2.24) is 0 Å². The minimum Gasteiger partial charge on any atom is -0.323 e. The molecule has 0 aliphatic heterocycles. The Labute approximate surface area is 66.7 Å². The minimum atomic E-state index is 0.947. The quantitative estimate of drug-likeness (QED) is 0.496. The number of hydrogen-bond acceptors (Lipinski definition) is 2. The maximum atomic E-state index is 5.33. The highest BCUT2D eigenvalue weighted by atomic mass is 15.2. The summed E-state index contributed by atoms with van der Waals surface area (Å²) >= 11 is 0. The van der Waals surface area contributed by atoms with Gasteiger partial charge in [-0.15, -0.1) is 0 Å². The van der Waals surface area contributed by atoms with Crippen LogP contribution in [-0.2, 0) is 0 Å². The van der Waals surface area contributed by atoms with Gasteiger partial charge >= 0.3 is 0 Å². The Bertz CT molecular complexity index is 266. The zero-order valence-electron chi connectivity index (χ0n) is 6.59. The molecular weight excluding hydrogens is 136 g/mol. The second-order valence-corrected chi connectivity index (χ2v) is 2.39. The molecule has 0 aliphatic carbocycles. The second kappa shape index (κ2) is 3.21. The molecule has 0 aromatic heterocycles. The molecule has 1 aromatic carbocycles. The Morgan fingerprint density at radius 3 is 2.73 bits per heavy atom. The molecule has 0 fully saturated rings. The Kier molecular flexibility index (Phi) is 2.28. The topological polar surface area (TPSA) is 38.0 Å². The number of nitrogens with two attached hydrogens (primary N) is 1. The maximum absolute atomic E-state index is 5.33. The van der Waals surface area contributed by atoms with Gasteiger partial charge in [0.15, 0.2) is 0 Å². The molecule has 1 aromatic rings. The van der Waals surface area contributed by atoms with Gasteiger partial charge in [0.05, 0.1) is 5.69 Å². The predicted molar refractivity (Wildman–Crippen MR) is 49.1 cm³/mol. The SMILES string of the molecule is C=Cc1cccc(C)c1NN. The average molecular weight is 148 g/mol. The Hall–Kier alpha value is -1.28. The van der Waals surface area contributed by atoms with Gasteiger partial charge in [-0.1, -0.05) is 30.9 Å². The summed E-state index contributed by atoms with van der Waals surface area (Å²) in [6.07, 6.45) is 1.78. The van der Waals surface area contributed by atoms with Gasteiger partial charge in [0.25, 0.3) is 0 Å². The van der Waals surface area contributed by atoms with E-state index in [-0.39, 0.29) is 0 Å². The van der Waals surface area contributed by atoms with E-state index in [1.807, 2.05) is 25.1 Å². The molecule has 1 rings (SSSR count). The van der Waals surface area contributed by atoms with E-state index in [0.29, 0.717) is 0 Å². The van der Waals surface area contributed by atoms with E-state index in [2.05, 4.69) is 12.0 Å². The third-order valence-electron chi connectivity index (χ3n) is 1.67. The molecule has 0 aliphatic rings. The monoisotopic (exact) mass is 148 g/mol. The molecule has 2 heteroatoms. The van der Waals surface area contributed by atoms with Gasteiger partial charge in [0.2, 0.25) is 0 Å². The van der Waals surface area contributed by atoms with Gasteiger partial charge < -0.3 is 5.43 Å². The first kappa shape index (κ1) is 7.82. The zero-order chi connectivity index (χ0) is 8.27. The number of anilines is 1. The third-order valence-corrected chi connectivity index (χ3v) is 1.67.